The molecule has 0 amide bonds. The molecule has 0 aliphatic carbocycles. The number of fused-ring (bicyclic) bond motifs is 1. The number of carbonyl (C=O) groups is 1. The summed E-state index contributed by atoms with van der Waals surface area (Å²) < 4.78 is 32.7. The molecule has 0 aliphatic rings. The van der Waals surface area contributed by atoms with Crippen molar-refractivity contribution in [2.45, 2.75) is 4.90 Å². The number of benzene rings is 2. The van der Waals surface area contributed by atoms with E-state index in [1.807, 2.05) is 6.79 Å². The molecule has 0 aliphatic heterocycles. The van der Waals surface area contributed by atoms with E-state index in [-0.39, 0.29) is 42.6 Å². The Balaban J connectivity index is 0.000000811. The topological polar surface area (TPSA) is 74.3 Å². The average molecular weight is 277 g/mol. The summed E-state index contributed by atoms with van der Waals surface area (Å²) in [5.74, 6) is 0. The molecule has 0 fully saturated rings. The smallest absolute Gasteiger partial charge is 0.744 e. The van der Waals surface area contributed by atoms with Crippen molar-refractivity contribution in [3.05, 3.63) is 42.5 Å². The molecule has 2 aromatic rings. The molecule has 0 aromatic heterocycles. The fourth-order valence-corrected chi connectivity index (χ4v) is 2.11. The molecule has 0 N–H and O–H groups in total. The zero-order chi connectivity index (χ0) is 12.2. The summed E-state index contributed by atoms with van der Waals surface area (Å²) in [6.07, 6.45) is 0. The van der Waals surface area contributed by atoms with Crippen LogP contribution in [0, 0.1) is 0 Å². The monoisotopic (exact) mass is 277 g/mol. The summed E-state index contributed by atoms with van der Waals surface area (Å²) >= 11 is 0. The molecule has 0 bridgehead atoms. The molecular weight excluding hydrogens is 268 g/mol. The first kappa shape index (κ1) is 16.5. The van der Waals surface area contributed by atoms with Gasteiger partial charge in [-0.3, -0.25) is 0 Å². The fourth-order valence-electron chi connectivity index (χ4n) is 1.41. The molecule has 6 heteroatoms. The van der Waals surface area contributed by atoms with Crippen LogP contribution < -0.4 is 0 Å². The number of rotatable bonds is 1. The van der Waals surface area contributed by atoms with Crippen molar-refractivity contribution in [2.24, 2.45) is 0 Å². The van der Waals surface area contributed by atoms with E-state index in [2.05, 4.69) is 0 Å². The van der Waals surface area contributed by atoms with E-state index < -0.39 is 10.1 Å². The fraction of sp³-hybridized carbons (Fsp3) is 0. The molecule has 0 atom stereocenters. The van der Waals surface area contributed by atoms with Gasteiger partial charge in [0.2, 0.25) is 0 Å². The third-order valence-electron chi connectivity index (χ3n) is 2.02. The second kappa shape index (κ2) is 7.08. The van der Waals surface area contributed by atoms with Crippen LogP contribution in [0.3, 0.4) is 0 Å². The molecular formula is C11H9CaO4S+. The molecule has 0 spiro atoms. The summed E-state index contributed by atoms with van der Waals surface area (Å²) in [6, 6.07) is 11.5. The largest absolute Gasteiger partial charge is 2.00 e. The van der Waals surface area contributed by atoms with Crippen molar-refractivity contribution in [3.8, 4) is 0 Å². The van der Waals surface area contributed by atoms with Crippen molar-refractivity contribution in [2.75, 3.05) is 0 Å². The Labute approximate surface area is 129 Å². The van der Waals surface area contributed by atoms with Crippen LogP contribution in [0.5, 0.6) is 0 Å². The third kappa shape index (κ3) is 4.04. The van der Waals surface area contributed by atoms with Crippen LogP contribution in [0.15, 0.2) is 47.4 Å². The Hall–Kier alpha value is -0.460. The zero-order valence-electron chi connectivity index (χ0n) is 9.00. The Morgan fingerprint density at radius 1 is 0.941 bits per heavy atom. The summed E-state index contributed by atoms with van der Waals surface area (Å²) in [5.41, 5.74) is 0. The van der Waals surface area contributed by atoms with E-state index in [0.717, 1.165) is 5.39 Å². The third-order valence-corrected chi connectivity index (χ3v) is 2.91. The van der Waals surface area contributed by atoms with Crippen LogP contribution >= 0.6 is 0 Å². The normalized spacial score (nSPS) is 9.94. The summed E-state index contributed by atoms with van der Waals surface area (Å²) in [6.45, 7) is 2.00. The number of hydrogen-bond donors (Lipinski definition) is 0. The number of carbonyl (C=O) groups excluding carboxylic acids is 1. The molecule has 4 nitrogen and oxygen atoms in total. The van der Waals surface area contributed by atoms with Crippen LogP contribution in [-0.2, 0) is 14.9 Å². The second-order valence-corrected chi connectivity index (χ2v) is 4.28. The molecule has 17 heavy (non-hydrogen) atoms. The van der Waals surface area contributed by atoms with Gasteiger partial charge in [0.05, 0.1) is 4.90 Å². The first-order chi connectivity index (χ1) is 7.59. The van der Waals surface area contributed by atoms with Crippen molar-refractivity contribution in [1.82, 2.24) is 0 Å². The van der Waals surface area contributed by atoms with Gasteiger partial charge in [0, 0.05) is 0 Å². The van der Waals surface area contributed by atoms with Crippen LogP contribution in [0.4, 0.5) is 0 Å². The standard InChI is InChI=1S/C10H8O3S.CH2O.Ca/c11-14(12,13)10-7-3-5-8-4-1-2-6-9(8)10;1-2;/h1-7H,(H,11,12,13);1H2;/q;;+2/p-1. The predicted molar refractivity (Wildman–Crippen MR) is 64.8 cm³/mol. The van der Waals surface area contributed by atoms with Crippen molar-refractivity contribution >= 4 is 65.4 Å². The SMILES string of the molecule is C=O.O=S(=O)([O-])c1cccc2ccccc12.[Ca+2]. The van der Waals surface area contributed by atoms with E-state index in [9.17, 15) is 13.0 Å². The van der Waals surface area contributed by atoms with Crippen molar-refractivity contribution < 1.29 is 17.8 Å². The molecule has 2 rings (SSSR count). The van der Waals surface area contributed by atoms with Gasteiger partial charge in [-0.1, -0.05) is 36.4 Å². The molecule has 2 aromatic carbocycles. The van der Waals surface area contributed by atoms with Gasteiger partial charge in [0.15, 0.2) is 0 Å². The molecule has 0 heterocycles. The second-order valence-electron chi connectivity index (χ2n) is 2.93. The Bertz CT molecular complexity index is 590. The average Bonchev–Trinajstić information content (AvgIpc) is 2.30. The molecule has 0 unspecified atom stereocenters. The number of hydrogen-bond acceptors (Lipinski definition) is 4. The van der Waals surface area contributed by atoms with Gasteiger partial charge in [-0.25, -0.2) is 8.42 Å². The van der Waals surface area contributed by atoms with Gasteiger partial charge in [-0.2, -0.15) is 0 Å². The Kier molecular flexibility index (Phi) is 6.89. The quantitative estimate of drug-likeness (QED) is 0.579. The van der Waals surface area contributed by atoms with E-state index in [1.54, 1.807) is 36.4 Å². The Morgan fingerprint density at radius 2 is 1.47 bits per heavy atom. The summed E-state index contributed by atoms with van der Waals surface area (Å²) in [7, 11) is -4.38. The van der Waals surface area contributed by atoms with E-state index in [1.165, 1.54) is 6.07 Å². The molecule has 0 saturated heterocycles. The van der Waals surface area contributed by atoms with Gasteiger partial charge in [-0.15, -0.1) is 0 Å². The minimum atomic E-state index is -4.38. The predicted octanol–water partition coefficient (Wildman–Crippen LogP) is 1.18. The molecule has 0 saturated carbocycles. The van der Waals surface area contributed by atoms with Gasteiger partial charge in [0.1, 0.15) is 16.9 Å². The maximum atomic E-state index is 10.9. The minimum Gasteiger partial charge on any atom is -0.744 e. The molecule has 84 valence electrons. The van der Waals surface area contributed by atoms with Gasteiger partial charge < -0.3 is 9.35 Å². The van der Waals surface area contributed by atoms with Crippen molar-refractivity contribution in [3.63, 3.8) is 0 Å². The van der Waals surface area contributed by atoms with Gasteiger partial charge in [0.25, 0.3) is 0 Å². The zero-order valence-corrected chi connectivity index (χ0v) is 12.0. The Morgan fingerprint density at radius 3 is 2.06 bits per heavy atom. The van der Waals surface area contributed by atoms with E-state index >= 15 is 0 Å². The van der Waals surface area contributed by atoms with Gasteiger partial charge >= 0.3 is 37.7 Å². The minimum absolute atomic E-state index is 0. The summed E-state index contributed by atoms with van der Waals surface area (Å²) in [5, 5.41) is 1.23. The van der Waals surface area contributed by atoms with Crippen LogP contribution in [0.1, 0.15) is 0 Å². The van der Waals surface area contributed by atoms with Crippen LogP contribution in [0.25, 0.3) is 10.8 Å². The van der Waals surface area contributed by atoms with Crippen molar-refractivity contribution in [1.29, 1.82) is 0 Å². The maximum Gasteiger partial charge on any atom is 2.00 e. The van der Waals surface area contributed by atoms with Crippen LogP contribution in [0.2, 0.25) is 0 Å². The van der Waals surface area contributed by atoms with E-state index in [0.29, 0.717) is 5.39 Å². The van der Waals surface area contributed by atoms with Gasteiger partial charge in [-0.05, 0) is 16.8 Å². The summed E-state index contributed by atoms with van der Waals surface area (Å²) in [4.78, 5) is 7.84. The molecule has 0 radical (unpaired) electrons. The van der Waals surface area contributed by atoms with E-state index in [4.69, 9.17) is 4.79 Å². The maximum absolute atomic E-state index is 10.9. The van der Waals surface area contributed by atoms with Crippen LogP contribution in [-0.4, -0.2) is 57.5 Å². The first-order valence-corrected chi connectivity index (χ1v) is 5.72. The first-order valence-electron chi connectivity index (χ1n) is 4.31.